The number of carbonyl (C=O) groups is 1. The van der Waals surface area contributed by atoms with Crippen LogP contribution in [0.25, 0.3) is 0 Å². The summed E-state index contributed by atoms with van der Waals surface area (Å²) in [5.74, 6) is 0.0654. The number of nitrogens with one attached hydrogen (secondary N) is 2. The minimum Gasteiger partial charge on any atom is -0.357 e. The Kier molecular flexibility index (Phi) is 4.22. The maximum Gasteiger partial charge on any atom is 0.238 e. The van der Waals surface area contributed by atoms with E-state index >= 15 is 0 Å². The summed E-state index contributed by atoms with van der Waals surface area (Å²) in [7, 11) is 0. The summed E-state index contributed by atoms with van der Waals surface area (Å²) in [6.07, 6.45) is 4.59. The lowest BCUT2D eigenvalue weighted by Gasteiger charge is -2.15. The molecular formula is C16H18N4OS2. The topological polar surface area (TPSA) is 66.9 Å². The Morgan fingerprint density at radius 2 is 1.87 bits per heavy atom. The van der Waals surface area contributed by atoms with Gasteiger partial charge < -0.3 is 10.6 Å². The third kappa shape index (κ3) is 4.03. The van der Waals surface area contributed by atoms with E-state index in [0.717, 1.165) is 27.9 Å². The largest absolute Gasteiger partial charge is 0.357 e. The number of aromatic nitrogens is 2. The average Bonchev–Trinajstić information content (AvgIpc) is 3.48. The number of hydrogen-bond donors (Lipinski definition) is 2. The molecule has 2 fully saturated rings. The van der Waals surface area contributed by atoms with Crippen LogP contribution < -0.4 is 10.6 Å². The van der Waals surface area contributed by atoms with Crippen molar-refractivity contribution >= 4 is 34.1 Å². The number of nitrogens with zero attached hydrogens (tertiary/aromatic N) is 2. The van der Waals surface area contributed by atoms with Crippen molar-refractivity contribution < 1.29 is 4.79 Å². The highest BCUT2D eigenvalue weighted by Crippen LogP contribution is 2.39. The van der Waals surface area contributed by atoms with Gasteiger partial charge >= 0.3 is 0 Å². The molecule has 0 aliphatic heterocycles. The van der Waals surface area contributed by atoms with Crippen molar-refractivity contribution in [2.45, 2.75) is 47.4 Å². The number of amides is 1. The molecule has 7 heteroatoms. The van der Waals surface area contributed by atoms with Crippen molar-refractivity contribution in [1.29, 1.82) is 0 Å². The lowest BCUT2D eigenvalue weighted by Crippen LogP contribution is -2.29. The first-order valence-corrected chi connectivity index (χ1v) is 9.59. The van der Waals surface area contributed by atoms with E-state index in [4.69, 9.17) is 0 Å². The standard InChI is InChI=1S/C16H18N4OS2/c21-14(17-11-6-7-11)13(10-4-2-1-3-5-10)22-16-20-19-15(23-16)18-12-8-9-12/h1-5,11-13H,6-9H2,(H,17,21)(H,18,19)/t13-/m1/s1. The molecule has 4 rings (SSSR count). The molecule has 0 radical (unpaired) electrons. The zero-order valence-corrected chi connectivity index (χ0v) is 14.2. The number of anilines is 1. The predicted molar refractivity (Wildman–Crippen MR) is 92.8 cm³/mol. The minimum atomic E-state index is -0.279. The third-order valence-electron chi connectivity index (χ3n) is 3.79. The van der Waals surface area contributed by atoms with Crippen molar-refractivity contribution in [1.82, 2.24) is 15.5 Å². The van der Waals surface area contributed by atoms with E-state index in [2.05, 4.69) is 20.8 Å². The highest BCUT2D eigenvalue weighted by Gasteiger charge is 2.30. The number of benzene rings is 1. The molecule has 1 aromatic heterocycles. The summed E-state index contributed by atoms with van der Waals surface area (Å²) < 4.78 is 0.827. The van der Waals surface area contributed by atoms with Gasteiger partial charge in [0, 0.05) is 12.1 Å². The van der Waals surface area contributed by atoms with Gasteiger partial charge in [0.1, 0.15) is 5.25 Å². The Morgan fingerprint density at radius 3 is 2.57 bits per heavy atom. The Balaban J connectivity index is 1.49. The molecule has 1 aromatic carbocycles. The van der Waals surface area contributed by atoms with Gasteiger partial charge in [0.25, 0.3) is 0 Å². The molecule has 120 valence electrons. The summed E-state index contributed by atoms with van der Waals surface area (Å²) in [5.41, 5.74) is 1.00. The van der Waals surface area contributed by atoms with Crippen LogP contribution in [0.4, 0.5) is 5.13 Å². The fourth-order valence-electron chi connectivity index (χ4n) is 2.22. The van der Waals surface area contributed by atoms with Crippen LogP contribution in [0.2, 0.25) is 0 Å². The number of hydrogen-bond acceptors (Lipinski definition) is 6. The third-order valence-corrected chi connectivity index (χ3v) is 5.99. The molecule has 0 spiro atoms. The van der Waals surface area contributed by atoms with E-state index in [1.165, 1.54) is 35.9 Å². The van der Waals surface area contributed by atoms with E-state index in [1.54, 1.807) is 0 Å². The van der Waals surface area contributed by atoms with Gasteiger partial charge in [0.05, 0.1) is 0 Å². The Labute approximate surface area is 143 Å². The van der Waals surface area contributed by atoms with Crippen molar-refractivity contribution in [2.24, 2.45) is 0 Å². The molecule has 2 aliphatic rings. The van der Waals surface area contributed by atoms with Crippen LogP contribution in [-0.4, -0.2) is 28.2 Å². The number of rotatable bonds is 7. The van der Waals surface area contributed by atoms with Crippen LogP contribution in [0.1, 0.15) is 36.5 Å². The zero-order valence-electron chi connectivity index (χ0n) is 12.6. The second-order valence-electron chi connectivity index (χ2n) is 5.98. The maximum absolute atomic E-state index is 12.6. The molecule has 2 aromatic rings. The first-order valence-electron chi connectivity index (χ1n) is 7.90. The van der Waals surface area contributed by atoms with Gasteiger partial charge in [-0.25, -0.2) is 0 Å². The predicted octanol–water partition coefficient (Wildman–Crippen LogP) is 3.22. The second-order valence-corrected chi connectivity index (χ2v) is 8.31. The minimum absolute atomic E-state index is 0.0654. The summed E-state index contributed by atoms with van der Waals surface area (Å²) >= 11 is 3.01. The normalized spacial score (nSPS) is 18.4. The van der Waals surface area contributed by atoms with E-state index in [9.17, 15) is 4.79 Å². The van der Waals surface area contributed by atoms with Gasteiger partial charge in [-0.1, -0.05) is 53.4 Å². The molecule has 0 bridgehead atoms. The van der Waals surface area contributed by atoms with Gasteiger partial charge in [-0.2, -0.15) is 0 Å². The van der Waals surface area contributed by atoms with Gasteiger partial charge in [0.15, 0.2) is 4.34 Å². The summed E-state index contributed by atoms with van der Waals surface area (Å²) in [5, 5.41) is 15.4. The Hall–Kier alpha value is -1.60. The van der Waals surface area contributed by atoms with Gasteiger partial charge in [-0.15, -0.1) is 10.2 Å². The van der Waals surface area contributed by atoms with Crippen LogP contribution in [0, 0.1) is 0 Å². The average molecular weight is 346 g/mol. The molecular weight excluding hydrogens is 328 g/mol. The number of thioether (sulfide) groups is 1. The molecule has 1 amide bonds. The van der Waals surface area contributed by atoms with Crippen molar-refractivity contribution in [3.63, 3.8) is 0 Å². The van der Waals surface area contributed by atoms with Crippen LogP contribution in [0.15, 0.2) is 34.7 Å². The molecule has 2 aliphatic carbocycles. The molecule has 0 unspecified atom stereocenters. The van der Waals surface area contributed by atoms with E-state index in [0.29, 0.717) is 12.1 Å². The fraction of sp³-hybridized carbons (Fsp3) is 0.438. The fourth-order valence-corrected chi connectivity index (χ4v) is 4.25. The van der Waals surface area contributed by atoms with Gasteiger partial charge in [-0.05, 0) is 31.2 Å². The summed E-state index contributed by atoms with van der Waals surface area (Å²) in [6, 6.07) is 10.8. The monoisotopic (exact) mass is 346 g/mol. The maximum atomic E-state index is 12.6. The van der Waals surface area contributed by atoms with Crippen molar-refractivity contribution in [3.8, 4) is 0 Å². The van der Waals surface area contributed by atoms with Crippen LogP contribution in [-0.2, 0) is 4.79 Å². The number of carbonyl (C=O) groups excluding carboxylic acids is 1. The lowest BCUT2D eigenvalue weighted by atomic mass is 10.1. The van der Waals surface area contributed by atoms with E-state index in [1.807, 2.05) is 30.3 Å². The Bertz CT molecular complexity index is 682. The first kappa shape index (κ1) is 15.0. The molecule has 23 heavy (non-hydrogen) atoms. The highest BCUT2D eigenvalue weighted by atomic mass is 32.2. The summed E-state index contributed by atoms with van der Waals surface area (Å²) in [4.78, 5) is 12.6. The van der Waals surface area contributed by atoms with Gasteiger partial charge in [-0.3, -0.25) is 4.79 Å². The van der Waals surface area contributed by atoms with Crippen molar-refractivity contribution in [2.75, 3.05) is 5.32 Å². The van der Waals surface area contributed by atoms with Crippen molar-refractivity contribution in [3.05, 3.63) is 35.9 Å². The molecule has 1 heterocycles. The van der Waals surface area contributed by atoms with Crippen LogP contribution in [0.5, 0.6) is 0 Å². The molecule has 2 saturated carbocycles. The van der Waals surface area contributed by atoms with Crippen LogP contribution in [0.3, 0.4) is 0 Å². The van der Waals surface area contributed by atoms with Gasteiger partial charge in [0.2, 0.25) is 11.0 Å². The second kappa shape index (κ2) is 6.49. The summed E-state index contributed by atoms with van der Waals surface area (Å²) in [6.45, 7) is 0. The van der Waals surface area contributed by atoms with Crippen LogP contribution >= 0.6 is 23.1 Å². The first-order chi connectivity index (χ1) is 11.3. The lowest BCUT2D eigenvalue weighted by molar-refractivity contribution is -0.120. The van der Waals surface area contributed by atoms with E-state index < -0.39 is 0 Å². The Morgan fingerprint density at radius 1 is 1.13 bits per heavy atom. The zero-order chi connectivity index (χ0) is 15.6. The molecule has 0 saturated heterocycles. The molecule has 5 nitrogen and oxygen atoms in total. The smallest absolute Gasteiger partial charge is 0.238 e. The molecule has 1 atom stereocenters. The molecule has 2 N–H and O–H groups in total. The quantitative estimate of drug-likeness (QED) is 0.754. The highest BCUT2D eigenvalue weighted by molar-refractivity contribution is 8.01. The van der Waals surface area contributed by atoms with E-state index in [-0.39, 0.29) is 11.2 Å². The SMILES string of the molecule is O=C(NC1CC1)[C@H](Sc1nnc(NC2CC2)s1)c1ccccc1.